The van der Waals surface area contributed by atoms with Gasteiger partial charge in [0.2, 0.25) is 0 Å². The number of hydrogen-bond acceptors (Lipinski definition) is 3. The maximum atomic E-state index is 6.10. The molecule has 0 bridgehead atoms. The molecule has 2 atom stereocenters. The highest BCUT2D eigenvalue weighted by Crippen LogP contribution is 2.37. The minimum Gasteiger partial charge on any atom is -0.327 e. The number of rotatable bonds is 1. The molecule has 2 nitrogen and oxygen atoms in total. The third-order valence-electron chi connectivity index (χ3n) is 3.20. The van der Waals surface area contributed by atoms with Crippen molar-refractivity contribution >= 4 is 34.0 Å². The van der Waals surface area contributed by atoms with Gasteiger partial charge in [0.05, 0.1) is 15.2 Å². The number of aromatic nitrogens is 1. The summed E-state index contributed by atoms with van der Waals surface area (Å²) >= 11 is 1.81. The molecule has 1 aliphatic carbocycles. The first kappa shape index (κ1) is 11.8. The van der Waals surface area contributed by atoms with Gasteiger partial charge in [-0.25, -0.2) is 4.98 Å². The molecular weight excluding hydrogens is 240 g/mol. The van der Waals surface area contributed by atoms with Crippen molar-refractivity contribution in [1.29, 1.82) is 0 Å². The molecule has 1 saturated carbocycles. The SMILES string of the molecule is Cl.NC1CCCC1c1nc2ccccc2s1. The molecule has 86 valence electrons. The van der Waals surface area contributed by atoms with E-state index in [1.54, 1.807) is 0 Å². The Morgan fingerprint density at radius 3 is 2.75 bits per heavy atom. The van der Waals surface area contributed by atoms with E-state index in [4.69, 9.17) is 5.73 Å². The molecule has 0 spiro atoms. The van der Waals surface area contributed by atoms with Crippen LogP contribution in [0.1, 0.15) is 30.2 Å². The smallest absolute Gasteiger partial charge is 0.0984 e. The zero-order chi connectivity index (χ0) is 10.3. The van der Waals surface area contributed by atoms with Crippen molar-refractivity contribution in [3.8, 4) is 0 Å². The summed E-state index contributed by atoms with van der Waals surface area (Å²) in [7, 11) is 0. The molecule has 0 aliphatic heterocycles. The predicted molar refractivity (Wildman–Crippen MR) is 71.4 cm³/mol. The Balaban J connectivity index is 0.000000963. The fourth-order valence-electron chi connectivity index (χ4n) is 2.34. The molecule has 1 aliphatic rings. The Morgan fingerprint density at radius 2 is 2.06 bits per heavy atom. The summed E-state index contributed by atoms with van der Waals surface area (Å²) in [6, 6.07) is 8.65. The molecule has 4 heteroatoms. The number of halogens is 1. The Kier molecular flexibility index (Phi) is 3.47. The van der Waals surface area contributed by atoms with Crippen molar-refractivity contribution in [2.24, 2.45) is 5.73 Å². The highest BCUT2D eigenvalue weighted by molar-refractivity contribution is 7.18. The van der Waals surface area contributed by atoms with Crippen LogP contribution in [0.25, 0.3) is 10.2 Å². The van der Waals surface area contributed by atoms with Crippen LogP contribution >= 0.6 is 23.7 Å². The van der Waals surface area contributed by atoms with E-state index < -0.39 is 0 Å². The Morgan fingerprint density at radius 1 is 1.25 bits per heavy atom. The lowest BCUT2D eigenvalue weighted by atomic mass is 10.1. The van der Waals surface area contributed by atoms with E-state index in [1.807, 2.05) is 17.4 Å². The number of nitrogens with zero attached hydrogens (tertiary/aromatic N) is 1. The van der Waals surface area contributed by atoms with Gasteiger partial charge in [-0.3, -0.25) is 0 Å². The lowest BCUT2D eigenvalue weighted by molar-refractivity contribution is 0.611. The zero-order valence-corrected chi connectivity index (χ0v) is 10.6. The largest absolute Gasteiger partial charge is 0.327 e. The van der Waals surface area contributed by atoms with E-state index in [9.17, 15) is 0 Å². The average Bonchev–Trinajstić information content (AvgIpc) is 2.82. The summed E-state index contributed by atoms with van der Waals surface area (Å²) in [5.41, 5.74) is 7.22. The monoisotopic (exact) mass is 254 g/mol. The second-order valence-electron chi connectivity index (χ2n) is 4.22. The average molecular weight is 255 g/mol. The van der Waals surface area contributed by atoms with Crippen molar-refractivity contribution < 1.29 is 0 Å². The molecule has 0 radical (unpaired) electrons. The highest BCUT2D eigenvalue weighted by atomic mass is 35.5. The van der Waals surface area contributed by atoms with Crippen LogP contribution in [0.3, 0.4) is 0 Å². The van der Waals surface area contributed by atoms with Gasteiger partial charge < -0.3 is 5.73 Å². The van der Waals surface area contributed by atoms with E-state index in [0.29, 0.717) is 12.0 Å². The maximum Gasteiger partial charge on any atom is 0.0984 e. The fraction of sp³-hybridized carbons (Fsp3) is 0.417. The maximum absolute atomic E-state index is 6.10. The second-order valence-corrected chi connectivity index (χ2v) is 5.28. The van der Waals surface area contributed by atoms with Crippen molar-refractivity contribution in [1.82, 2.24) is 4.98 Å². The van der Waals surface area contributed by atoms with Gasteiger partial charge in [0.1, 0.15) is 0 Å². The number of thiazole rings is 1. The molecule has 1 fully saturated rings. The molecule has 1 heterocycles. The summed E-state index contributed by atoms with van der Waals surface area (Å²) in [4.78, 5) is 4.68. The molecule has 3 rings (SSSR count). The Labute approximate surface area is 105 Å². The van der Waals surface area contributed by atoms with Crippen LogP contribution < -0.4 is 5.73 Å². The van der Waals surface area contributed by atoms with Crippen LogP contribution in [0, 0.1) is 0 Å². The van der Waals surface area contributed by atoms with Gasteiger partial charge in [0.15, 0.2) is 0 Å². The first-order chi connectivity index (χ1) is 7.34. The first-order valence-electron chi connectivity index (χ1n) is 5.45. The lowest BCUT2D eigenvalue weighted by Crippen LogP contribution is -2.22. The summed E-state index contributed by atoms with van der Waals surface area (Å²) in [6.45, 7) is 0. The summed E-state index contributed by atoms with van der Waals surface area (Å²) in [5, 5.41) is 1.24. The zero-order valence-electron chi connectivity index (χ0n) is 8.93. The minimum absolute atomic E-state index is 0. The van der Waals surface area contributed by atoms with Gasteiger partial charge in [0, 0.05) is 12.0 Å². The standard InChI is InChI=1S/C12H14N2S.ClH/c13-9-5-3-4-8(9)12-14-10-6-1-2-7-11(10)15-12;/h1-2,6-9H,3-5,13H2;1H. The van der Waals surface area contributed by atoms with Crippen LogP contribution in [0.5, 0.6) is 0 Å². The number of nitrogens with two attached hydrogens (primary N) is 1. The molecule has 2 unspecified atom stereocenters. The molecule has 16 heavy (non-hydrogen) atoms. The summed E-state index contributed by atoms with van der Waals surface area (Å²) in [5.74, 6) is 0.502. The van der Waals surface area contributed by atoms with Crippen LogP contribution in [-0.4, -0.2) is 11.0 Å². The molecule has 0 saturated heterocycles. The third kappa shape index (κ3) is 1.95. The van der Waals surface area contributed by atoms with Gasteiger partial charge in [-0.1, -0.05) is 18.6 Å². The lowest BCUT2D eigenvalue weighted by Gasteiger charge is -2.10. The topological polar surface area (TPSA) is 38.9 Å². The van der Waals surface area contributed by atoms with E-state index >= 15 is 0 Å². The highest BCUT2D eigenvalue weighted by Gasteiger charge is 2.27. The molecule has 1 aromatic carbocycles. The van der Waals surface area contributed by atoms with Gasteiger partial charge >= 0.3 is 0 Å². The quantitative estimate of drug-likeness (QED) is 0.848. The van der Waals surface area contributed by atoms with Gasteiger partial charge in [0.25, 0.3) is 0 Å². The van der Waals surface area contributed by atoms with Crippen molar-refractivity contribution in [3.05, 3.63) is 29.3 Å². The van der Waals surface area contributed by atoms with Gasteiger partial charge in [-0.05, 0) is 25.0 Å². The Hall–Kier alpha value is -0.640. The molecule has 2 N–H and O–H groups in total. The fourth-order valence-corrected chi connectivity index (χ4v) is 3.52. The number of fused-ring (bicyclic) bond motifs is 1. The van der Waals surface area contributed by atoms with Crippen LogP contribution in [0.4, 0.5) is 0 Å². The normalized spacial score (nSPS) is 24.6. The van der Waals surface area contributed by atoms with E-state index in [-0.39, 0.29) is 12.4 Å². The molecule has 2 aromatic rings. The van der Waals surface area contributed by atoms with Crippen molar-refractivity contribution in [3.63, 3.8) is 0 Å². The third-order valence-corrected chi connectivity index (χ3v) is 4.37. The molecule has 0 amide bonds. The summed E-state index contributed by atoms with van der Waals surface area (Å²) < 4.78 is 1.28. The van der Waals surface area contributed by atoms with E-state index in [0.717, 1.165) is 11.9 Å². The first-order valence-corrected chi connectivity index (χ1v) is 6.27. The second kappa shape index (κ2) is 4.70. The van der Waals surface area contributed by atoms with Crippen molar-refractivity contribution in [2.75, 3.05) is 0 Å². The van der Waals surface area contributed by atoms with Gasteiger partial charge in [-0.15, -0.1) is 23.7 Å². The van der Waals surface area contributed by atoms with Crippen LogP contribution in [0.15, 0.2) is 24.3 Å². The van der Waals surface area contributed by atoms with Gasteiger partial charge in [-0.2, -0.15) is 0 Å². The number of hydrogen-bond donors (Lipinski definition) is 1. The van der Waals surface area contributed by atoms with E-state index in [2.05, 4.69) is 23.2 Å². The number of benzene rings is 1. The Bertz CT molecular complexity index is 450. The van der Waals surface area contributed by atoms with Crippen LogP contribution in [0.2, 0.25) is 0 Å². The van der Waals surface area contributed by atoms with E-state index in [1.165, 1.54) is 22.5 Å². The van der Waals surface area contributed by atoms with Crippen LogP contribution in [-0.2, 0) is 0 Å². The predicted octanol–water partition coefficient (Wildman–Crippen LogP) is 3.31. The molecule has 1 aromatic heterocycles. The number of para-hydroxylation sites is 1. The minimum atomic E-state index is 0. The summed E-state index contributed by atoms with van der Waals surface area (Å²) in [6.07, 6.45) is 3.61. The van der Waals surface area contributed by atoms with Crippen molar-refractivity contribution in [2.45, 2.75) is 31.2 Å². The molecular formula is C12H15ClN2S.